The van der Waals surface area contributed by atoms with Gasteiger partial charge in [0.2, 0.25) is 0 Å². The molecule has 0 radical (unpaired) electrons. The lowest BCUT2D eigenvalue weighted by molar-refractivity contribution is 0.0945. The van der Waals surface area contributed by atoms with Crippen molar-refractivity contribution in [3.05, 3.63) is 65.1 Å². The van der Waals surface area contributed by atoms with E-state index >= 15 is 0 Å². The molecule has 0 aliphatic carbocycles. The van der Waals surface area contributed by atoms with E-state index in [1.807, 2.05) is 36.3 Å². The molecule has 29 heavy (non-hydrogen) atoms. The van der Waals surface area contributed by atoms with Gasteiger partial charge in [-0.3, -0.25) is 9.78 Å². The summed E-state index contributed by atoms with van der Waals surface area (Å²) in [5, 5.41) is 12.9. The molecule has 4 rings (SSSR count). The average Bonchev–Trinajstić information content (AvgIpc) is 3.07. The Morgan fingerprint density at radius 2 is 2.10 bits per heavy atom. The van der Waals surface area contributed by atoms with Crippen LogP contribution in [0.4, 0.5) is 5.69 Å². The van der Waals surface area contributed by atoms with Gasteiger partial charge in [-0.15, -0.1) is 0 Å². The number of hydrogen-bond acceptors (Lipinski definition) is 6. The Morgan fingerprint density at radius 3 is 2.86 bits per heavy atom. The van der Waals surface area contributed by atoms with Crippen molar-refractivity contribution in [2.45, 2.75) is 39.5 Å². The van der Waals surface area contributed by atoms with Crippen LogP contribution in [0.1, 0.15) is 39.7 Å². The summed E-state index contributed by atoms with van der Waals surface area (Å²) in [5.74, 6) is 0.720. The van der Waals surface area contributed by atoms with Crippen LogP contribution in [-0.4, -0.2) is 34.3 Å². The second kappa shape index (κ2) is 7.67. The van der Waals surface area contributed by atoms with Gasteiger partial charge in [-0.05, 0) is 54.7 Å². The molecule has 3 heterocycles. The summed E-state index contributed by atoms with van der Waals surface area (Å²) in [6.45, 7) is 3.79. The topological polar surface area (TPSA) is 91.5 Å². The Morgan fingerprint density at radius 1 is 1.28 bits per heavy atom. The van der Waals surface area contributed by atoms with Gasteiger partial charge in [0, 0.05) is 44.2 Å². The first-order valence-corrected chi connectivity index (χ1v) is 9.62. The van der Waals surface area contributed by atoms with Gasteiger partial charge in [0.1, 0.15) is 12.0 Å². The lowest BCUT2D eigenvalue weighted by Crippen LogP contribution is -2.35. The third kappa shape index (κ3) is 3.86. The zero-order valence-corrected chi connectivity index (χ0v) is 16.8. The molecule has 1 amide bonds. The number of carbonyl (C=O) groups excluding carboxylic acids is 1. The Balaban J connectivity index is 1.50. The highest BCUT2D eigenvalue weighted by atomic mass is 16.4. The van der Waals surface area contributed by atoms with Gasteiger partial charge in [0.15, 0.2) is 11.6 Å². The molecule has 2 N–H and O–H groups in total. The molecule has 1 atom stereocenters. The van der Waals surface area contributed by atoms with Crippen LogP contribution in [0.2, 0.25) is 0 Å². The van der Waals surface area contributed by atoms with E-state index in [-0.39, 0.29) is 5.91 Å². The van der Waals surface area contributed by atoms with Gasteiger partial charge in [-0.2, -0.15) is 0 Å². The minimum atomic E-state index is -0.431. The van der Waals surface area contributed by atoms with Crippen molar-refractivity contribution >= 4 is 11.6 Å². The first kappa shape index (κ1) is 19.1. The van der Waals surface area contributed by atoms with Crippen molar-refractivity contribution in [1.82, 2.24) is 15.3 Å². The molecule has 0 bridgehead atoms. The third-order valence-corrected chi connectivity index (χ3v) is 5.28. The molecule has 7 heteroatoms. The molecule has 0 fully saturated rings. The predicted octanol–water partition coefficient (Wildman–Crippen LogP) is 2.98. The van der Waals surface area contributed by atoms with Crippen LogP contribution in [0.25, 0.3) is 11.1 Å². The van der Waals surface area contributed by atoms with Gasteiger partial charge in [-0.25, -0.2) is 4.98 Å². The Bertz CT molecular complexity index is 1060. The number of nitrogens with zero attached hydrogens (tertiary/aromatic N) is 3. The van der Waals surface area contributed by atoms with Crippen molar-refractivity contribution in [2.75, 3.05) is 11.9 Å². The van der Waals surface area contributed by atoms with Crippen LogP contribution in [-0.2, 0) is 13.0 Å². The minimum Gasteiger partial charge on any atom is -0.445 e. The second-order valence-corrected chi connectivity index (χ2v) is 7.38. The fourth-order valence-electron chi connectivity index (χ4n) is 3.70. The number of aliphatic hydroxyl groups excluding tert-OH is 1. The molecule has 150 valence electrons. The summed E-state index contributed by atoms with van der Waals surface area (Å²) in [6.07, 6.45) is 4.69. The summed E-state index contributed by atoms with van der Waals surface area (Å²) >= 11 is 0. The average molecular weight is 392 g/mol. The highest BCUT2D eigenvalue weighted by Gasteiger charge is 2.21. The standard InChI is InChI=1S/C22H24N4O3/c1-13-21(25-14(2)29-13)22(28)24-11-15-8-18(12-23-10-15)16-4-6-19-17(9-16)5-7-20(27)26(19)3/h4,6,8-10,12,20,27H,5,7,11H2,1-3H3,(H,24,28). The van der Waals surface area contributed by atoms with Crippen molar-refractivity contribution in [2.24, 2.45) is 0 Å². The van der Waals surface area contributed by atoms with E-state index in [0.717, 1.165) is 35.2 Å². The molecular formula is C22H24N4O3. The van der Waals surface area contributed by atoms with Gasteiger partial charge in [0.25, 0.3) is 5.91 Å². The van der Waals surface area contributed by atoms with E-state index in [0.29, 0.717) is 23.9 Å². The van der Waals surface area contributed by atoms with Crippen LogP contribution < -0.4 is 10.2 Å². The fourth-order valence-corrected chi connectivity index (χ4v) is 3.70. The zero-order chi connectivity index (χ0) is 20.5. The molecule has 0 spiro atoms. The zero-order valence-electron chi connectivity index (χ0n) is 16.8. The molecule has 0 saturated heterocycles. The smallest absolute Gasteiger partial charge is 0.273 e. The number of anilines is 1. The SMILES string of the molecule is Cc1nc(C(=O)NCc2cncc(-c3ccc4c(c3)CCC(O)N4C)c2)c(C)o1. The Labute approximate surface area is 169 Å². The van der Waals surface area contributed by atoms with Crippen LogP contribution in [0.15, 0.2) is 41.1 Å². The quantitative estimate of drug-likeness (QED) is 0.709. The van der Waals surface area contributed by atoms with E-state index in [1.54, 1.807) is 20.0 Å². The highest BCUT2D eigenvalue weighted by Crippen LogP contribution is 2.32. The predicted molar refractivity (Wildman–Crippen MR) is 110 cm³/mol. The summed E-state index contributed by atoms with van der Waals surface area (Å²) in [4.78, 5) is 22.7. The van der Waals surface area contributed by atoms with Gasteiger partial charge < -0.3 is 19.7 Å². The fraction of sp³-hybridized carbons (Fsp3) is 0.318. The van der Waals surface area contributed by atoms with E-state index < -0.39 is 6.23 Å². The van der Waals surface area contributed by atoms with E-state index in [2.05, 4.69) is 21.4 Å². The minimum absolute atomic E-state index is 0.264. The number of carbonyl (C=O) groups is 1. The number of amides is 1. The number of oxazole rings is 1. The van der Waals surface area contributed by atoms with E-state index in [1.165, 1.54) is 5.56 Å². The van der Waals surface area contributed by atoms with Crippen LogP contribution in [0.5, 0.6) is 0 Å². The molecule has 1 unspecified atom stereocenters. The monoisotopic (exact) mass is 392 g/mol. The number of aryl methyl sites for hydroxylation is 3. The number of pyridine rings is 1. The first-order chi connectivity index (χ1) is 13.9. The summed E-state index contributed by atoms with van der Waals surface area (Å²) < 4.78 is 5.32. The maximum atomic E-state index is 12.3. The third-order valence-electron chi connectivity index (χ3n) is 5.28. The number of rotatable bonds is 4. The van der Waals surface area contributed by atoms with Crippen LogP contribution >= 0.6 is 0 Å². The lowest BCUT2D eigenvalue weighted by Gasteiger charge is -2.32. The molecular weight excluding hydrogens is 368 g/mol. The molecule has 1 aliphatic rings. The number of aliphatic hydroxyl groups is 1. The Kier molecular flexibility index (Phi) is 5.07. The van der Waals surface area contributed by atoms with Crippen molar-refractivity contribution in [1.29, 1.82) is 0 Å². The Hall–Kier alpha value is -3.19. The number of nitrogens with one attached hydrogen (secondary N) is 1. The maximum absolute atomic E-state index is 12.3. The second-order valence-electron chi connectivity index (χ2n) is 7.38. The molecule has 2 aromatic heterocycles. The van der Waals surface area contributed by atoms with E-state index in [4.69, 9.17) is 4.42 Å². The molecule has 3 aromatic rings. The van der Waals surface area contributed by atoms with E-state index in [9.17, 15) is 9.90 Å². The van der Waals surface area contributed by atoms with Crippen molar-refractivity contribution in [3.63, 3.8) is 0 Å². The molecule has 1 aromatic carbocycles. The van der Waals surface area contributed by atoms with Crippen molar-refractivity contribution < 1.29 is 14.3 Å². The number of hydrogen-bond donors (Lipinski definition) is 2. The number of fused-ring (bicyclic) bond motifs is 1. The normalized spacial score (nSPS) is 15.9. The van der Waals surface area contributed by atoms with Gasteiger partial charge in [-0.1, -0.05) is 6.07 Å². The number of benzene rings is 1. The number of aromatic nitrogens is 2. The van der Waals surface area contributed by atoms with Crippen LogP contribution in [0.3, 0.4) is 0 Å². The molecule has 1 aliphatic heterocycles. The summed E-state index contributed by atoms with van der Waals surface area (Å²) in [5.41, 5.74) is 5.54. The summed E-state index contributed by atoms with van der Waals surface area (Å²) in [7, 11) is 1.91. The van der Waals surface area contributed by atoms with Crippen LogP contribution in [0, 0.1) is 13.8 Å². The highest BCUT2D eigenvalue weighted by molar-refractivity contribution is 5.93. The maximum Gasteiger partial charge on any atom is 0.273 e. The molecule has 0 saturated carbocycles. The largest absolute Gasteiger partial charge is 0.445 e. The van der Waals surface area contributed by atoms with Gasteiger partial charge >= 0.3 is 0 Å². The van der Waals surface area contributed by atoms with Gasteiger partial charge in [0.05, 0.1) is 0 Å². The summed E-state index contributed by atoms with van der Waals surface area (Å²) in [6, 6.07) is 8.25. The van der Waals surface area contributed by atoms with Crippen molar-refractivity contribution in [3.8, 4) is 11.1 Å². The first-order valence-electron chi connectivity index (χ1n) is 9.62. The lowest BCUT2D eigenvalue weighted by atomic mass is 9.96. The molecule has 7 nitrogen and oxygen atoms in total.